The molecule has 0 heterocycles. The lowest BCUT2D eigenvalue weighted by molar-refractivity contribution is -0.0499. The van der Waals surface area contributed by atoms with Crippen LogP contribution in [0, 0.1) is 0 Å². The van der Waals surface area contributed by atoms with Crippen molar-refractivity contribution in [2.24, 2.45) is 0 Å². The number of nitrogens with one attached hydrogen (secondary N) is 1. The van der Waals surface area contributed by atoms with Crippen LogP contribution in [0.2, 0.25) is 0 Å². The average molecular weight is 344 g/mol. The monoisotopic (exact) mass is 344 g/mol. The number of rotatable bonds is 7. The Morgan fingerprint density at radius 1 is 1.33 bits per heavy atom. The van der Waals surface area contributed by atoms with Gasteiger partial charge in [-0.2, -0.15) is 8.78 Å². The molecule has 1 aromatic rings. The molecule has 7 heteroatoms. The van der Waals surface area contributed by atoms with Gasteiger partial charge in [-0.05, 0) is 52.4 Å². The number of nitrogens with zero attached hydrogens (tertiary/aromatic N) is 1. The van der Waals surface area contributed by atoms with E-state index in [1.54, 1.807) is 32.9 Å². The summed E-state index contributed by atoms with van der Waals surface area (Å²) >= 11 is 0. The lowest BCUT2D eigenvalue weighted by Crippen LogP contribution is -2.41. The quantitative estimate of drug-likeness (QED) is 0.821. The number of alkyl carbamates (subject to hydrolysis) is 1. The summed E-state index contributed by atoms with van der Waals surface area (Å²) in [6, 6.07) is 6.62. The number of hydrogen-bond donors (Lipinski definition) is 1. The van der Waals surface area contributed by atoms with Gasteiger partial charge in [0.25, 0.3) is 0 Å². The summed E-state index contributed by atoms with van der Waals surface area (Å²) in [5.74, 6) is 0.135. The van der Waals surface area contributed by atoms with Crippen LogP contribution >= 0.6 is 0 Å². The Morgan fingerprint density at radius 3 is 2.58 bits per heavy atom. The second kappa shape index (κ2) is 8.82. The first-order valence-corrected chi connectivity index (χ1v) is 7.77. The summed E-state index contributed by atoms with van der Waals surface area (Å²) in [7, 11) is 1.89. The van der Waals surface area contributed by atoms with Gasteiger partial charge in [-0.3, -0.25) is 4.90 Å². The summed E-state index contributed by atoms with van der Waals surface area (Å²) < 4.78 is 34.1. The maximum absolute atomic E-state index is 12.3. The molecule has 0 aliphatic heterocycles. The smallest absolute Gasteiger partial charge is 0.407 e. The molecular formula is C17H26F2N2O3. The fraction of sp³-hybridized carbons (Fsp3) is 0.588. The number of alkyl halides is 2. The molecule has 0 radical (unpaired) electrons. The highest BCUT2D eigenvalue weighted by molar-refractivity contribution is 5.67. The van der Waals surface area contributed by atoms with Gasteiger partial charge in [0.2, 0.25) is 0 Å². The van der Waals surface area contributed by atoms with Crippen molar-refractivity contribution in [2.75, 3.05) is 13.6 Å². The zero-order valence-corrected chi connectivity index (χ0v) is 14.8. The fourth-order valence-electron chi connectivity index (χ4n) is 1.96. The van der Waals surface area contributed by atoms with E-state index in [0.29, 0.717) is 13.1 Å². The van der Waals surface area contributed by atoms with E-state index in [2.05, 4.69) is 10.1 Å². The Hall–Kier alpha value is -1.89. The molecule has 136 valence electrons. The average Bonchev–Trinajstić information content (AvgIpc) is 2.42. The number of halogens is 2. The second-order valence-corrected chi connectivity index (χ2v) is 6.67. The third-order valence-corrected chi connectivity index (χ3v) is 3.25. The first-order valence-electron chi connectivity index (χ1n) is 7.77. The molecule has 1 atom stereocenters. The van der Waals surface area contributed by atoms with E-state index in [0.717, 1.165) is 5.56 Å². The summed E-state index contributed by atoms with van der Waals surface area (Å²) in [6.45, 7) is 5.48. The van der Waals surface area contributed by atoms with Gasteiger partial charge >= 0.3 is 12.7 Å². The number of ether oxygens (including phenoxy) is 2. The van der Waals surface area contributed by atoms with Crippen molar-refractivity contribution < 1.29 is 23.0 Å². The van der Waals surface area contributed by atoms with Crippen LogP contribution in [0.15, 0.2) is 24.3 Å². The fourth-order valence-corrected chi connectivity index (χ4v) is 1.96. The molecular weight excluding hydrogens is 318 g/mol. The Balaban J connectivity index is 2.49. The molecule has 5 nitrogen and oxygen atoms in total. The number of benzene rings is 1. The van der Waals surface area contributed by atoms with E-state index in [9.17, 15) is 13.6 Å². The van der Waals surface area contributed by atoms with Crippen molar-refractivity contribution in [1.82, 2.24) is 10.2 Å². The van der Waals surface area contributed by atoms with Crippen molar-refractivity contribution in [1.29, 1.82) is 0 Å². The van der Waals surface area contributed by atoms with E-state index in [-0.39, 0.29) is 11.8 Å². The molecule has 0 saturated heterocycles. The highest BCUT2D eigenvalue weighted by Crippen LogP contribution is 2.17. The Kier molecular flexibility index (Phi) is 7.41. The molecule has 0 fully saturated rings. The predicted octanol–water partition coefficient (Wildman–Crippen LogP) is 3.63. The second-order valence-electron chi connectivity index (χ2n) is 6.67. The van der Waals surface area contributed by atoms with Crippen molar-refractivity contribution in [3.63, 3.8) is 0 Å². The Bertz CT molecular complexity index is 533. The first kappa shape index (κ1) is 20.2. The van der Waals surface area contributed by atoms with Crippen molar-refractivity contribution >= 4 is 6.09 Å². The van der Waals surface area contributed by atoms with Gasteiger partial charge in [0.05, 0.1) is 0 Å². The van der Waals surface area contributed by atoms with Crippen molar-refractivity contribution in [2.45, 2.75) is 52.5 Å². The highest BCUT2D eigenvalue weighted by atomic mass is 19.3. The standard InChI is InChI=1S/C17H26F2N2O3/c1-12(10-20-16(22)24-17(2,3)4)21(5)11-13-7-6-8-14(9-13)23-15(18)19/h6-9,12,15H,10-11H2,1-5H3,(H,20,22). The topological polar surface area (TPSA) is 50.8 Å². The molecule has 0 saturated carbocycles. The van der Waals surface area contributed by atoms with Gasteiger partial charge in [-0.15, -0.1) is 0 Å². The maximum atomic E-state index is 12.3. The van der Waals surface area contributed by atoms with Crippen LogP contribution in [0.25, 0.3) is 0 Å². The minimum Gasteiger partial charge on any atom is -0.444 e. The number of carbonyl (C=O) groups is 1. The van der Waals surface area contributed by atoms with E-state index < -0.39 is 18.3 Å². The zero-order chi connectivity index (χ0) is 18.3. The maximum Gasteiger partial charge on any atom is 0.407 e. The summed E-state index contributed by atoms with van der Waals surface area (Å²) in [6.07, 6.45) is -0.463. The molecule has 1 amide bonds. The Labute approximate surface area is 141 Å². The van der Waals surface area contributed by atoms with Gasteiger partial charge in [0.15, 0.2) is 0 Å². The molecule has 0 aliphatic rings. The van der Waals surface area contributed by atoms with Crippen LogP contribution in [0.3, 0.4) is 0 Å². The number of hydrogen-bond acceptors (Lipinski definition) is 4. The van der Waals surface area contributed by atoms with Crippen LogP contribution < -0.4 is 10.1 Å². The molecule has 1 rings (SSSR count). The molecule has 1 unspecified atom stereocenters. The summed E-state index contributed by atoms with van der Waals surface area (Å²) in [5.41, 5.74) is 0.310. The van der Waals surface area contributed by atoms with Crippen molar-refractivity contribution in [3.05, 3.63) is 29.8 Å². The lowest BCUT2D eigenvalue weighted by atomic mass is 10.2. The number of carbonyl (C=O) groups excluding carboxylic acids is 1. The van der Waals surface area contributed by atoms with Gasteiger partial charge in [0.1, 0.15) is 11.4 Å². The van der Waals surface area contributed by atoms with E-state index >= 15 is 0 Å². The molecule has 1 aromatic carbocycles. The van der Waals surface area contributed by atoms with E-state index in [4.69, 9.17) is 4.74 Å². The van der Waals surface area contributed by atoms with E-state index in [1.807, 2.05) is 24.9 Å². The minimum atomic E-state index is -2.84. The molecule has 0 bridgehead atoms. The predicted molar refractivity (Wildman–Crippen MR) is 88.2 cm³/mol. The van der Waals surface area contributed by atoms with Crippen LogP contribution in [-0.4, -0.2) is 42.8 Å². The Morgan fingerprint density at radius 2 is 2.00 bits per heavy atom. The largest absolute Gasteiger partial charge is 0.444 e. The van der Waals surface area contributed by atoms with Gasteiger partial charge in [-0.25, -0.2) is 4.79 Å². The van der Waals surface area contributed by atoms with Crippen LogP contribution in [0.4, 0.5) is 13.6 Å². The van der Waals surface area contributed by atoms with Crippen LogP contribution in [0.5, 0.6) is 5.75 Å². The number of likely N-dealkylation sites (N-methyl/N-ethyl adjacent to an activating group) is 1. The van der Waals surface area contributed by atoms with Gasteiger partial charge in [0, 0.05) is 19.1 Å². The molecule has 1 N–H and O–H groups in total. The van der Waals surface area contributed by atoms with Gasteiger partial charge < -0.3 is 14.8 Å². The van der Waals surface area contributed by atoms with E-state index in [1.165, 1.54) is 6.07 Å². The molecule has 0 aromatic heterocycles. The summed E-state index contributed by atoms with van der Waals surface area (Å²) in [5, 5.41) is 2.72. The first-order chi connectivity index (χ1) is 11.1. The van der Waals surface area contributed by atoms with Gasteiger partial charge in [-0.1, -0.05) is 12.1 Å². The molecule has 0 spiro atoms. The van der Waals surface area contributed by atoms with Crippen LogP contribution in [0.1, 0.15) is 33.3 Å². The number of amides is 1. The third-order valence-electron chi connectivity index (χ3n) is 3.25. The SMILES string of the molecule is CC(CNC(=O)OC(C)(C)C)N(C)Cc1cccc(OC(F)F)c1. The lowest BCUT2D eigenvalue weighted by Gasteiger charge is -2.26. The molecule has 0 aliphatic carbocycles. The highest BCUT2D eigenvalue weighted by Gasteiger charge is 2.17. The van der Waals surface area contributed by atoms with Crippen LogP contribution in [-0.2, 0) is 11.3 Å². The summed E-state index contributed by atoms with van der Waals surface area (Å²) in [4.78, 5) is 13.7. The zero-order valence-electron chi connectivity index (χ0n) is 14.8. The molecule has 24 heavy (non-hydrogen) atoms. The third kappa shape index (κ3) is 8.10. The van der Waals surface area contributed by atoms with Crippen molar-refractivity contribution in [3.8, 4) is 5.75 Å². The minimum absolute atomic E-state index is 0.0391. The normalized spacial score (nSPS) is 13.0.